The molecule has 66 heavy (non-hydrogen) atoms. The summed E-state index contributed by atoms with van der Waals surface area (Å²) in [7, 11) is 1.33. The predicted molar refractivity (Wildman–Crippen MR) is 258 cm³/mol. The summed E-state index contributed by atoms with van der Waals surface area (Å²) in [4.78, 5) is 71.1. The lowest BCUT2D eigenvalue weighted by Gasteiger charge is -2.49. The Morgan fingerprint density at radius 2 is 1.27 bits per heavy atom. The van der Waals surface area contributed by atoms with Crippen molar-refractivity contribution in [3.63, 3.8) is 0 Å². The van der Waals surface area contributed by atoms with Gasteiger partial charge >= 0.3 is 5.97 Å². The maximum absolute atomic E-state index is 14.6. The molecule has 2 aromatic heterocycles. The van der Waals surface area contributed by atoms with Gasteiger partial charge in [0.15, 0.2) is 22.1 Å². The van der Waals surface area contributed by atoms with Crippen LogP contribution in [0.5, 0.6) is 0 Å². The molecule has 0 aliphatic carbocycles. The Morgan fingerprint density at radius 1 is 0.742 bits per heavy atom. The third kappa shape index (κ3) is 8.73. The quantitative estimate of drug-likeness (QED) is 0.0299. The van der Waals surface area contributed by atoms with E-state index in [1.54, 1.807) is 10.8 Å². The van der Waals surface area contributed by atoms with Crippen molar-refractivity contribution in [2.45, 2.75) is 30.0 Å². The van der Waals surface area contributed by atoms with Gasteiger partial charge in [-0.2, -0.15) is 0 Å². The van der Waals surface area contributed by atoms with Crippen LogP contribution >= 0.6 is 34.4 Å². The molecule has 2 aliphatic rings. The van der Waals surface area contributed by atoms with Crippen LogP contribution in [-0.4, -0.2) is 68.5 Å². The molecule has 330 valence electrons. The summed E-state index contributed by atoms with van der Waals surface area (Å²) in [6.45, 7) is 1.38. The molecule has 0 saturated carbocycles. The molecule has 1 unspecified atom stereocenters. The summed E-state index contributed by atoms with van der Waals surface area (Å²) in [5, 5.41) is 17.0. The van der Waals surface area contributed by atoms with Gasteiger partial charge in [-0.1, -0.05) is 157 Å². The number of ether oxygens (including phenoxy) is 1. The smallest absolute Gasteiger partial charge is 0.356 e. The van der Waals surface area contributed by atoms with Gasteiger partial charge in [-0.05, 0) is 27.8 Å². The van der Waals surface area contributed by atoms with E-state index < -0.39 is 40.8 Å². The zero-order valence-corrected chi connectivity index (χ0v) is 37.9. The van der Waals surface area contributed by atoms with Crippen LogP contribution < -0.4 is 16.0 Å². The van der Waals surface area contributed by atoms with E-state index in [4.69, 9.17) is 14.6 Å². The van der Waals surface area contributed by atoms with E-state index in [1.807, 2.05) is 115 Å². The number of hydrogen-bond donors (Lipinski definition) is 3. The fraction of sp³-hybridized carbons (Fsp3) is 0.140. The molecule has 4 heterocycles. The Hall–Kier alpha value is -7.40. The number of thiazole rings is 2. The first-order valence-corrected chi connectivity index (χ1v) is 23.6. The molecule has 13 nitrogen and oxygen atoms in total. The first kappa shape index (κ1) is 43.8. The molecule has 7 aromatic rings. The first-order valence-electron chi connectivity index (χ1n) is 20.8. The highest BCUT2D eigenvalue weighted by Gasteiger charge is 2.55. The molecular weight excluding hydrogens is 891 g/mol. The minimum atomic E-state index is -1.04. The second-order valence-corrected chi connectivity index (χ2v) is 18.0. The monoisotopic (exact) mass is 931 g/mol. The van der Waals surface area contributed by atoms with Gasteiger partial charge in [-0.3, -0.25) is 19.3 Å². The number of oxime groups is 1. The molecule has 0 spiro atoms. The standard InChI is InChI=1S/C50H41N7O6S3/c1-31(58)51-48-52-38(29-65-48)37-28-64-46-41(45(60)57(46)42(37)47(61)63-43(32-18-8-3-9-19-32)33-20-10-4-11-21-33)54-44(59)40(56-62-2)39-30-66-49(53-39)55-50(34-22-12-5-13-23-34,35-24-14-6-15-25-35)36-26-16-7-17-27-36/h3-27,29-30,41,43,46H,28H2,1-2H3,(H,53,55)(H,54,59)(H,51,52,58)/b56-40-/t41?,46-/m0/s1. The SMILES string of the molecule is CO/N=C(\C(=O)NC1C(=O)N2C(C(=O)OC(c3ccccc3)c3ccccc3)=C(c3csc(NC(C)=O)n3)CS[C@@H]12)c1csc(NC(c2ccccc2)(c2ccccc2)c2ccccc2)n1. The highest BCUT2D eigenvalue weighted by atomic mass is 32.2. The molecule has 2 aliphatic heterocycles. The van der Waals surface area contributed by atoms with Gasteiger partial charge in [-0.25, -0.2) is 14.8 Å². The van der Waals surface area contributed by atoms with Crippen molar-refractivity contribution >= 4 is 79.7 Å². The van der Waals surface area contributed by atoms with E-state index in [-0.39, 0.29) is 28.8 Å². The topological polar surface area (TPSA) is 164 Å². The van der Waals surface area contributed by atoms with E-state index >= 15 is 0 Å². The summed E-state index contributed by atoms with van der Waals surface area (Å²) in [6.07, 6.45) is -0.803. The number of anilines is 2. The lowest BCUT2D eigenvalue weighted by atomic mass is 9.77. The van der Waals surface area contributed by atoms with Crippen molar-refractivity contribution in [2.75, 3.05) is 23.5 Å². The van der Waals surface area contributed by atoms with Crippen LogP contribution in [0, 0.1) is 0 Å². The van der Waals surface area contributed by atoms with Gasteiger partial charge < -0.3 is 25.5 Å². The maximum Gasteiger partial charge on any atom is 0.356 e. The third-order valence-corrected chi connectivity index (χ3v) is 13.8. The van der Waals surface area contributed by atoms with E-state index in [1.165, 1.54) is 53.4 Å². The molecular formula is C50H41N7O6S3. The lowest BCUT2D eigenvalue weighted by Crippen LogP contribution is -2.71. The summed E-state index contributed by atoms with van der Waals surface area (Å²) >= 11 is 3.85. The lowest BCUT2D eigenvalue weighted by molar-refractivity contribution is -0.154. The number of amides is 3. The highest BCUT2D eigenvalue weighted by Crippen LogP contribution is 2.45. The van der Waals surface area contributed by atoms with E-state index in [2.05, 4.69) is 62.5 Å². The fourth-order valence-electron chi connectivity index (χ4n) is 8.06. The average molecular weight is 932 g/mol. The number of nitrogens with one attached hydrogen (secondary N) is 3. The predicted octanol–water partition coefficient (Wildman–Crippen LogP) is 8.46. The van der Waals surface area contributed by atoms with Crippen LogP contribution in [0.4, 0.5) is 10.3 Å². The summed E-state index contributed by atoms with van der Waals surface area (Å²) in [5.41, 5.74) is 4.46. The Balaban J connectivity index is 1.00. The second-order valence-electron chi connectivity index (χ2n) is 15.1. The van der Waals surface area contributed by atoms with Crippen molar-refractivity contribution < 1.29 is 28.8 Å². The van der Waals surface area contributed by atoms with Crippen LogP contribution in [0.3, 0.4) is 0 Å². The van der Waals surface area contributed by atoms with Crippen LogP contribution in [0.25, 0.3) is 5.57 Å². The van der Waals surface area contributed by atoms with Gasteiger partial charge in [0.1, 0.15) is 35.5 Å². The van der Waals surface area contributed by atoms with Crippen molar-refractivity contribution in [3.8, 4) is 0 Å². The van der Waals surface area contributed by atoms with Crippen molar-refractivity contribution in [1.82, 2.24) is 20.2 Å². The minimum absolute atomic E-state index is 0.00511. The Labute approximate surface area is 392 Å². The minimum Gasteiger partial charge on any atom is -0.448 e. The number of esters is 1. The number of thioether (sulfide) groups is 1. The van der Waals surface area contributed by atoms with Gasteiger partial charge in [-0.15, -0.1) is 34.4 Å². The largest absolute Gasteiger partial charge is 0.448 e. The third-order valence-electron chi connectivity index (χ3n) is 11.0. The molecule has 0 radical (unpaired) electrons. The zero-order valence-electron chi connectivity index (χ0n) is 35.5. The van der Waals surface area contributed by atoms with Gasteiger partial charge in [0.25, 0.3) is 11.8 Å². The molecule has 3 N–H and O–H groups in total. The molecule has 3 amide bonds. The maximum atomic E-state index is 14.6. The number of carbonyl (C=O) groups excluding carboxylic acids is 4. The number of hydrogen-bond acceptors (Lipinski definition) is 13. The van der Waals surface area contributed by atoms with E-state index in [9.17, 15) is 19.2 Å². The molecule has 2 atom stereocenters. The molecule has 16 heteroatoms. The molecule has 1 saturated heterocycles. The number of aromatic nitrogens is 2. The van der Waals surface area contributed by atoms with Crippen LogP contribution in [0.15, 0.2) is 173 Å². The Bertz CT molecular complexity index is 2800. The zero-order chi connectivity index (χ0) is 45.6. The van der Waals surface area contributed by atoms with E-state index in [0.29, 0.717) is 21.5 Å². The van der Waals surface area contributed by atoms with Crippen LogP contribution in [-0.2, 0) is 34.3 Å². The number of carbonyl (C=O) groups is 4. The van der Waals surface area contributed by atoms with Crippen molar-refractivity contribution in [1.29, 1.82) is 0 Å². The molecule has 5 aromatic carbocycles. The summed E-state index contributed by atoms with van der Waals surface area (Å²) in [6, 6.07) is 47.8. The van der Waals surface area contributed by atoms with Gasteiger partial charge in [0, 0.05) is 29.0 Å². The first-order chi connectivity index (χ1) is 32.2. The average Bonchev–Trinajstić information content (AvgIpc) is 4.03. The number of rotatable bonds is 15. The summed E-state index contributed by atoms with van der Waals surface area (Å²) < 4.78 is 6.32. The van der Waals surface area contributed by atoms with E-state index in [0.717, 1.165) is 27.8 Å². The molecule has 1 fully saturated rings. The summed E-state index contributed by atoms with van der Waals surface area (Å²) in [5.74, 6) is -2.04. The number of β-lactam (4-membered cyclic amide) rings is 1. The fourth-order valence-corrected chi connectivity index (χ4v) is 10.9. The number of nitrogens with zero attached hydrogens (tertiary/aromatic N) is 4. The van der Waals surface area contributed by atoms with Crippen LogP contribution in [0.1, 0.15) is 52.2 Å². The van der Waals surface area contributed by atoms with Crippen molar-refractivity contribution in [2.24, 2.45) is 5.16 Å². The van der Waals surface area contributed by atoms with Crippen LogP contribution in [0.2, 0.25) is 0 Å². The highest BCUT2D eigenvalue weighted by molar-refractivity contribution is 8.00. The normalized spacial score (nSPS) is 16.0. The van der Waals surface area contributed by atoms with Gasteiger partial charge in [0.05, 0.1) is 5.69 Å². The second kappa shape index (κ2) is 19.4. The van der Waals surface area contributed by atoms with Gasteiger partial charge in [0.2, 0.25) is 5.91 Å². The molecule has 0 bridgehead atoms. The number of benzene rings is 5. The number of fused-ring (bicyclic) bond motifs is 1. The van der Waals surface area contributed by atoms with Crippen molar-refractivity contribution in [3.05, 3.63) is 207 Å². The Morgan fingerprint density at radius 3 is 1.80 bits per heavy atom. The Kier molecular flexibility index (Phi) is 12.9. The molecule has 9 rings (SSSR count).